The van der Waals surface area contributed by atoms with Crippen molar-refractivity contribution in [2.45, 2.75) is 33.4 Å². The minimum atomic E-state index is 0.694. The summed E-state index contributed by atoms with van der Waals surface area (Å²) in [6.45, 7) is 5.37. The van der Waals surface area contributed by atoms with E-state index in [2.05, 4.69) is 17.4 Å². The molecule has 0 aliphatic carbocycles. The topological polar surface area (TPSA) is 51.2 Å². The predicted molar refractivity (Wildman–Crippen MR) is 59.9 cm³/mol. The van der Waals surface area contributed by atoms with Gasteiger partial charge in [0.15, 0.2) is 0 Å². The molecule has 0 amide bonds. The number of aromatic nitrogens is 1. The van der Waals surface area contributed by atoms with Gasteiger partial charge in [-0.3, -0.25) is 0 Å². The molecule has 0 aliphatic heterocycles. The van der Waals surface area contributed by atoms with E-state index < -0.39 is 0 Å². The van der Waals surface area contributed by atoms with Crippen molar-refractivity contribution in [3.8, 4) is 0 Å². The molecule has 2 aromatic heterocycles. The van der Waals surface area contributed by atoms with Crippen molar-refractivity contribution in [1.82, 2.24) is 10.5 Å². The number of nitrogens with one attached hydrogen (secondary N) is 1. The van der Waals surface area contributed by atoms with Crippen molar-refractivity contribution in [2.75, 3.05) is 0 Å². The molecule has 1 N–H and O–H groups in total. The smallest absolute Gasteiger partial charge is 0.133 e. The van der Waals surface area contributed by atoms with Crippen molar-refractivity contribution < 1.29 is 8.94 Å². The van der Waals surface area contributed by atoms with Crippen LogP contribution < -0.4 is 5.32 Å². The maximum Gasteiger partial charge on any atom is 0.133 e. The molecule has 2 aromatic rings. The summed E-state index contributed by atoms with van der Waals surface area (Å²) in [7, 11) is 0. The molecular formula is C12H16N2O2. The zero-order valence-corrected chi connectivity index (χ0v) is 9.62. The van der Waals surface area contributed by atoms with E-state index >= 15 is 0 Å². The lowest BCUT2D eigenvalue weighted by Crippen LogP contribution is -2.12. The summed E-state index contributed by atoms with van der Waals surface area (Å²) in [5.74, 6) is 2.81. The van der Waals surface area contributed by atoms with Gasteiger partial charge in [0.1, 0.15) is 17.3 Å². The van der Waals surface area contributed by atoms with Gasteiger partial charge >= 0.3 is 0 Å². The van der Waals surface area contributed by atoms with Gasteiger partial charge in [-0.05, 0) is 19.1 Å². The van der Waals surface area contributed by atoms with Crippen LogP contribution in [0.15, 0.2) is 27.1 Å². The first-order valence-electron chi connectivity index (χ1n) is 5.48. The molecule has 0 aromatic carbocycles. The van der Waals surface area contributed by atoms with Crippen LogP contribution >= 0.6 is 0 Å². The summed E-state index contributed by atoms with van der Waals surface area (Å²) in [4.78, 5) is 0. The first-order valence-corrected chi connectivity index (χ1v) is 5.48. The summed E-state index contributed by atoms with van der Waals surface area (Å²) in [6.07, 6.45) is 0.933. The zero-order valence-electron chi connectivity index (χ0n) is 9.62. The van der Waals surface area contributed by atoms with E-state index in [0.29, 0.717) is 13.1 Å². The van der Waals surface area contributed by atoms with Gasteiger partial charge in [0.2, 0.25) is 0 Å². The number of hydrogen-bond acceptors (Lipinski definition) is 4. The van der Waals surface area contributed by atoms with Crippen molar-refractivity contribution in [1.29, 1.82) is 0 Å². The van der Waals surface area contributed by atoms with Crippen molar-refractivity contribution in [2.24, 2.45) is 0 Å². The van der Waals surface area contributed by atoms with Gasteiger partial charge in [0.05, 0.1) is 12.2 Å². The largest absolute Gasteiger partial charge is 0.465 e. The monoisotopic (exact) mass is 220 g/mol. The highest BCUT2D eigenvalue weighted by molar-refractivity contribution is 5.07. The Balaban J connectivity index is 1.79. The number of nitrogens with zero attached hydrogens (tertiary/aromatic N) is 1. The van der Waals surface area contributed by atoms with Crippen LogP contribution in [-0.4, -0.2) is 5.16 Å². The van der Waals surface area contributed by atoms with Crippen LogP contribution in [-0.2, 0) is 19.5 Å². The second-order valence-electron chi connectivity index (χ2n) is 3.75. The van der Waals surface area contributed by atoms with Crippen LogP contribution in [0, 0.1) is 6.92 Å². The first-order chi connectivity index (χ1) is 7.78. The van der Waals surface area contributed by atoms with Crippen LogP contribution in [0.1, 0.15) is 29.9 Å². The Kier molecular flexibility index (Phi) is 3.41. The van der Waals surface area contributed by atoms with Crippen LogP contribution in [0.3, 0.4) is 0 Å². The maximum absolute atomic E-state index is 5.57. The molecule has 86 valence electrons. The molecule has 0 fully saturated rings. The quantitative estimate of drug-likeness (QED) is 0.840. The third kappa shape index (κ3) is 2.73. The van der Waals surface area contributed by atoms with Crippen molar-refractivity contribution in [3.05, 3.63) is 41.2 Å². The van der Waals surface area contributed by atoms with Gasteiger partial charge in [-0.15, -0.1) is 0 Å². The minimum absolute atomic E-state index is 0.694. The normalized spacial score (nSPS) is 10.9. The molecule has 16 heavy (non-hydrogen) atoms. The Hall–Kier alpha value is -1.55. The first kappa shape index (κ1) is 11.0. The third-order valence-corrected chi connectivity index (χ3v) is 2.35. The third-order valence-electron chi connectivity index (χ3n) is 2.35. The van der Waals surface area contributed by atoms with E-state index in [4.69, 9.17) is 8.94 Å². The van der Waals surface area contributed by atoms with Crippen molar-refractivity contribution in [3.63, 3.8) is 0 Å². The Labute approximate surface area is 94.6 Å². The molecule has 0 bridgehead atoms. The highest BCUT2D eigenvalue weighted by atomic mass is 16.5. The predicted octanol–water partition coefficient (Wildman–Crippen LogP) is 2.43. The van der Waals surface area contributed by atoms with Gasteiger partial charge in [0.25, 0.3) is 0 Å². The lowest BCUT2D eigenvalue weighted by Gasteiger charge is -1.98. The molecule has 0 spiro atoms. The number of furan rings is 1. The molecule has 0 saturated heterocycles. The Morgan fingerprint density at radius 2 is 2.06 bits per heavy atom. The fourth-order valence-electron chi connectivity index (χ4n) is 1.52. The number of hydrogen-bond donors (Lipinski definition) is 1. The second kappa shape index (κ2) is 4.99. The standard InChI is InChI=1S/C12H16N2O2/c1-3-11-4-5-12(15-11)8-13-7-10-6-9(2)16-14-10/h4-6,13H,3,7-8H2,1-2H3. The average molecular weight is 220 g/mol. The molecule has 0 radical (unpaired) electrons. The second-order valence-corrected chi connectivity index (χ2v) is 3.75. The zero-order chi connectivity index (χ0) is 11.4. The Bertz CT molecular complexity index is 445. The van der Waals surface area contributed by atoms with Crippen LogP contribution in [0.25, 0.3) is 0 Å². The molecule has 2 rings (SSSR count). The lowest BCUT2D eigenvalue weighted by atomic mass is 10.3. The lowest BCUT2D eigenvalue weighted by molar-refractivity contribution is 0.386. The Morgan fingerprint density at radius 1 is 1.25 bits per heavy atom. The van der Waals surface area contributed by atoms with E-state index in [1.165, 1.54) is 0 Å². The van der Waals surface area contributed by atoms with Crippen LogP contribution in [0.5, 0.6) is 0 Å². The van der Waals surface area contributed by atoms with Gasteiger partial charge < -0.3 is 14.3 Å². The molecular weight excluding hydrogens is 204 g/mol. The molecule has 2 heterocycles. The Morgan fingerprint density at radius 3 is 2.69 bits per heavy atom. The van der Waals surface area contributed by atoms with E-state index in [1.807, 2.05) is 25.1 Å². The average Bonchev–Trinajstić information content (AvgIpc) is 2.88. The molecule has 0 unspecified atom stereocenters. The van der Waals surface area contributed by atoms with Gasteiger partial charge in [-0.2, -0.15) is 0 Å². The van der Waals surface area contributed by atoms with Gasteiger partial charge in [-0.25, -0.2) is 0 Å². The molecule has 4 heteroatoms. The SMILES string of the molecule is CCc1ccc(CNCc2cc(C)on2)o1. The summed E-state index contributed by atoms with van der Waals surface area (Å²) in [5.41, 5.74) is 0.916. The highest BCUT2D eigenvalue weighted by Gasteiger charge is 2.02. The van der Waals surface area contributed by atoms with Crippen LogP contribution in [0.2, 0.25) is 0 Å². The summed E-state index contributed by atoms with van der Waals surface area (Å²) >= 11 is 0. The van der Waals surface area contributed by atoms with Gasteiger partial charge in [-0.1, -0.05) is 12.1 Å². The molecule has 0 saturated carbocycles. The molecule has 0 atom stereocenters. The van der Waals surface area contributed by atoms with E-state index in [0.717, 1.165) is 29.4 Å². The summed E-state index contributed by atoms with van der Waals surface area (Å²) < 4.78 is 10.5. The van der Waals surface area contributed by atoms with Crippen LogP contribution in [0.4, 0.5) is 0 Å². The van der Waals surface area contributed by atoms with E-state index in [1.54, 1.807) is 0 Å². The summed E-state index contributed by atoms with van der Waals surface area (Å²) in [5, 5.41) is 7.15. The summed E-state index contributed by atoms with van der Waals surface area (Å²) in [6, 6.07) is 5.93. The number of aryl methyl sites for hydroxylation is 2. The fourth-order valence-corrected chi connectivity index (χ4v) is 1.52. The van der Waals surface area contributed by atoms with E-state index in [9.17, 15) is 0 Å². The number of rotatable bonds is 5. The molecule has 0 aliphatic rings. The van der Waals surface area contributed by atoms with E-state index in [-0.39, 0.29) is 0 Å². The van der Waals surface area contributed by atoms with Gasteiger partial charge in [0, 0.05) is 19.0 Å². The minimum Gasteiger partial charge on any atom is -0.465 e. The fraction of sp³-hybridized carbons (Fsp3) is 0.417. The highest BCUT2D eigenvalue weighted by Crippen LogP contribution is 2.08. The van der Waals surface area contributed by atoms with Crippen molar-refractivity contribution >= 4 is 0 Å². The maximum atomic E-state index is 5.57. The molecule has 4 nitrogen and oxygen atoms in total.